The second-order valence-corrected chi connectivity index (χ2v) is 4.83. The Morgan fingerprint density at radius 1 is 1.23 bits per heavy atom. The lowest BCUT2D eigenvalue weighted by Crippen LogP contribution is -2.44. The number of hydrogen-bond donors (Lipinski definition) is 3. The van der Waals surface area contributed by atoms with Gasteiger partial charge in [0, 0.05) is 6.20 Å². The molecule has 0 aliphatic rings. The van der Waals surface area contributed by atoms with E-state index < -0.39 is 17.9 Å². The average molecular weight is 303 g/mol. The Labute approximate surface area is 128 Å². The summed E-state index contributed by atoms with van der Waals surface area (Å²) in [5, 5.41) is 14.5. The summed E-state index contributed by atoms with van der Waals surface area (Å²) < 4.78 is 13.4. The van der Waals surface area contributed by atoms with Crippen LogP contribution in [0, 0.1) is 5.82 Å². The Bertz CT molecular complexity index is 607. The number of rotatable bonds is 6. The first-order chi connectivity index (χ1) is 10.7. The van der Waals surface area contributed by atoms with E-state index in [0.29, 0.717) is 6.42 Å². The minimum Gasteiger partial charge on any atom is -0.394 e. The van der Waals surface area contributed by atoms with Gasteiger partial charge in [-0.05, 0) is 24.1 Å². The van der Waals surface area contributed by atoms with E-state index in [1.165, 1.54) is 18.3 Å². The normalized spacial score (nSPS) is 11.7. The van der Waals surface area contributed by atoms with Gasteiger partial charge < -0.3 is 15.7 Å². The zero-order chi connectivity index (χ0) is 15.8. The number of carbonyl (C=O) groups excluding carboxylic acids is 1. The summed E-state index contributed by atoms with van der Waals surface area (Å²) in [5.41, 5.74) is 1.18. The second-order valence-electron chi connectivity index (χ2n) is 4.83. The number of pyridine rings is 1. The third-order valence-corrected chi connectivity index (χ3v) is 3.13. The van der Waals surface area contributed by atoms with Crippen LogP contribution in [0.15, 0.2) is 48.7 Å². The van der Waals surface area contributed by atoms with Gasteiger partial charge in [-0.1, -0.05) is 30.3 Å². The summed E-state index contributed by atoms with van der Waals surface area (Å²) >= 11 is 0. The van der Waals surface area contributed by atoms with Crippen molar-refractivity contribution in [3.63, 3.8) is 0 Å². The van der Waals surface area contributed by atoms with Crippen LogP contribution in [-0.4, -0.2) is 28.8 Å². The Morgan fingerprint density at radius 3 is 2.68 bits per heavy atom. The Kier molecular flexibility index (Phi) is 5.85. The highest BCUT2D eigenvalue weighted by atomic mass is 19.1. The SMILES string of the molecule is O=C(NCc1ncccc1F)N[C@H](CO)Cc1ccccc1. The van der Waals surface area contributed by atoms with Crippen LogP contribution in [0.4, 0.5) is 9.18 Å². The fourth-order valence-corrected chi connectivity index (χ4v) is 2.01. The monoisotopic (exact) mass is 303 g/mol. The highest BCUT2D eigenvalue weighted by Gasteiger charge is 2.12. The van der Waals surface area contributed by atoms with Crippen molar-refractivity contribution in [2.75, 3.05) is 6.61 Å². The number of carbonyl (C=O) groups is 1. The molecule has 0 saturated carbocycles. The molecule has 1 aromatic carbocycles. The molecular weight excluding hydrogens is 285 g/mol. The van der Waals surface area contributed by atoms with Crippen molar-refractivity contribution in [1.29, 1.82) is 0 Å². The maximum absolute atomic E-state index is 13.4. The van der Waals surface area contributed by atoms with Crippen LogP contribution in [0.5, 0.6) is 0 Å². The lowest BCUT2D eigenvalue weighted by molar-refractivity contribution is 0.215. The molecule has 1 aromatic heterocycles. The summed E-state index contributed by atoms with van der Waals surface area (Å²) in [6.07, 6.45) is 1.98. The zero-order valence-corrected chi connectivity index (χ0v) is 12.0. The van der Waals surface area contributed by atoms with E-state index >= 15 is 0 Å². The number of aliphatic hydroxyl groups excluding tert-OH is 1. The number of urea groups is 1. The molecule has 22 heavy (non-hydrogen) atoms. The summed E-state index contributed by atoms with van der Waals surface area (Å²) in [7, 11) is 0. The maximum Gasteiger partial charge on any atom is 0.315 e. The van der Waals surface area contributed by atoms with E-state index in [1.54, 1.807) is 0 Å². The molecule has 0 bridgehead atoms. The van der Waals surface area contributed by atoms with Crippen LogP contribution >= 0.6 is 0 Å². The molecule has 1 atom stereocenters. The smallest absolute Gasteiger partial charge is 0.315 e. The number of benzene rings is 1. The van der Waals surface area contributed by atoms with Crippen LogP contribution in [0.2, 0.25) is 0 Å². The number of hydrogen-bond acceptors (Lipinski definition) is 3. The number of nitrogens with one attached hydrogen (secondary N) is 2. The van der Waals surface area contributed by atoms with E-state index in [2.05, 4.69) is 15.6 Å². The largest absolute Gasteiger partial charge is 0.394 e. The molecule has 0 unspecified atom stereocenters. The first-order valence-electron chi connectivity index (χ1n) is 6.97. The number of amides is 2. The molecule has 2 rings (SSSR count). The lowest BCUT2D eigenvalue weighted by Gasteiger charge is -2.17. The minimum absolute atomic E-state index is 0.0119. The molecule has 0 spiro atoms. The third kappa shape index (κ3) is 4.82. The van der Waals surface area contributed by atoms with Gasteiger partial charge in [0.1, 0.15) is 5.82 Å². The van der Waals surface area contributed by atoms with Crippen molar-refractivity contribution in [3.05, 3.63) is 65.7 Å². The van der Waals surface area contributed by atoms with E-state index in [9.17, 15) is 14.3 Å². The van der Waals surface area contributed by atoms with Crippen molar-refractivity contribution in [3.8, 4) is 0 Å². The Hall–Kier alpha value is -2.47. The molecule has 5 nitrogen and oxygen atoms in total. The van der Waals surface area contributed by atoms with Gasteiger partial charge >= 0.3 is 6.03 Å². The summed E-state index contributed by atoms with van der Waals surface area (Å²) in [6.45, 7) is -0.192. The van der Waals surface area contributed by atoms with Gasteiger partial charge in [0.15, 0.2) is 0 Å². The van der Waals surface area contributed by atoms with E-state index in [1.807, 2.05) is 30.3 Å². The first-order valence-corrected chi connectivity index (χ1v) is 6.97. The van der Waals surface area contributed by atoms with Crippen LogP contribution in [-0.2, 0) is 13.0 Å². The topological polar surface area (TPSA) is 74.2 Å². The number of aliphatic hydroxyl groups is 1. The van der Waals surface area contributed by atoms with E-state index in [4.69, 9.17) is 0 Å². The third-order valence-electron chi connectivity index (χ3n) is 3.13. The van der Waals surface area contributed by atoms with Gasteiger partial charge in [0.2, 0.25) is 0 Å². The molecule has 2 aromatic rings. The first kappa shape index (κ1) is 15.9. The lowest BCUT2D eigenvalue weighted by atomic mass is 10.1. The number of nitrogens with zero attached hydrogens (tertiary/aromatic N) is 1. The predicted octanol–water partition coefficient (Wildman–Crippen LogP) is 1.62. The minimum atomic E-state index is -0.472. The molecule has 0 radical (unpaired) electrons. The Morgan fingerprint density at radius 2 is 2.00 bits per heavy atom. The van der Waals surface area contributed by atoms with Crippen LogP contribution in [0.25, 0.3) is 0 Å². The van der Waals surface area contributed by atoms with Gasteiger partial charge in [0.25, 0.3) is 0 Å². The van der Waals surface area contributed by atoms with E-state index in [0.717, 1.165) is 5.56 Å². The number of halogens is 1. The van der Waals surface area contributed by atoms with Crippen LogP contribution < -0.4 is 10.6 Å². The molecule has 2 amide bonds. The molecule has 0 saturated heterocycles. The van der Waals surface area contributed by atoms with Gasteiger partial charge in [0.05, 0.1) is 24.9 Å². The van der Waals surface area contributed by atoms with Crippen LogP contribution in [0.1, 0.15) is 11.3 Å². The highest BCUT2D eigenvalue weighted by Crippen LogP contribution is 2.04. The maximum atomic E-state index is 13.4. The second kappa shape index (κ2) is 8.09. The molecule has 0 aliphatic heterocycles. The summed E-state index contributed by atoms with van der Waals surface area (Å²) in [6, 6.07) is 11.4. The molecule has 116 valence electrons. The van der Waals surface area contributed by atoms with Crippen LogP contribution in [0.3, 0.4) is 0 Å². The highest BCUT2D eigenvalue weighted by molar-refractivity contribution is 5.74. The van der Waals surface area contributed by atoms with Crippen molar-refractivity contribution >= 4 is 6.03 Å². The van der Waals surface area contributed by atoms with Crippen molar-refractivity contribution in [1.82, 2.24) is 15.6 Å². The molecule has 6 heteroatoms. The van der Waals surface area contributed by atoms with E-state index in [-0.39, 0.29) is 18.8 Å². The Balaban J connectivity index is 1.83. The summed E-state index contributed by atoms with van der Waals surface area (Å²) in [5.74, 6) is -0.467. The zero-order valence-electron chi connectivity index (χ0n) is 12.0. The van der Waals surface area contributed by atoms with Crippen molar-refractivity contribution in [2.45, 2.75) is 19.0 Å². The standard InChI is InChI=1S/C16H18FN3O2/c17-14-7-4-8-18-15(14)10-19-16(22)20-13(11-21)9-12-5-2-1-3-6-12/h1-8,13,21H,9-11H2,(H2,19,20,22)/t13-/m0/s1. The van der Waals surface area contributed by atoms with Gasteiger partial charge in [-0.2, -0.15) is 0 Å². The average Bonchev–Trinajstić information content (AvgIpc) is 2.54. The molecule has 3 N–H and O–H groups in total. The molecular formula is C16H18FN3O2. The fourth-order valence-electron chi connectivity index (χ4n) is 2.01. The fraction of sp³-hybridized carbons (Fsp3) is 0.250. The summed E-state index contributed by atoms with van der Waals surface area (Å²) in [4.78, 5) is 15.7. The van der Waals surface area contributed by atoms with Gasteiger partial charge in [-0.3, -0.25) is 4.98 Å². The predicted molar refractivity (Wildman–Crippen MR) is 80.6 cm³/mol. The molecule has 0 fully saturated rings. The number of aromatic nitrogens is 1. The molecule has 0 aliphatic carbocycles. The quantitative estimate of drug-likeness (QED) is 0.759. The van der Waals surface area contributed by atoms with Gasteiger partial charge in [-0.15, -0.1) is 0 Å². The van der Waals surface area contributed by atoms with Crippen molar-refractivity contribution in [2.24, 2.45) is 0 Å². The van der Waals surface area contributed by atoms with Crippen molar-refractivity contribution < 1.29 is 14.3 Å². The molecule has 1 heterocycles. The van der Waals surface area contributed by atoms with Gasteiger partial charge in [-0.25, -0.2) is 9.18 Å².